The Morgan fingerprint density at radius 2 is 1.96 bits per heavy atom. The molecular weight excluding hydrogens is 314 g/mol. The van der Waals surface area contributed by atoms with Crippen LogP contribution in [0.4, 0.5) is 5.69 Å². The van der Waals surface area contributed by atoms with Gasteiger partial charge in [0.2, 0.25) is 11.8 Å². The molecule has 1 saturated heterocycles. The fourth-order valence-electron chi connectivity index (χ4n) is 2.77. The highest BCUT2D eigenvalue weighted by Gasteiger charge is 2.37. The summed E-state index contributed by atoms with van der Waals surface area (Å²) in [6.07, 6.45) is 0.564. The number of hydrogen-bond donors (Lipinski definition) is 2. The molecule has 1 fully saturated rings. The van der Waals surface area contributed by atoms with Crippen molar-refractivity contribution in [1.82, 2.24) is 5.32 Å². The maximum Gasteiger partial charge on any atom is 0.239 e. The van der Waals surface area contributed by atoms with Crippen molar-refractivity contribution in [3.05, 3.63) is 29.3 Å². The molecule has 0 spiro atoms. The van der Waals surface area contributed by atoms with Gasteiger partial charge in [0.05, 0.1) is 0 Å². The van der Waals surface area contributed by atoms with E-state index in [1.807, 2.05) is 32.9 Å². The van der Waals surface area contributed by atoms with Gasteiger partial charge in [-0.05, 0) is 56.0 Å². The number of hydrogen-bond acceptors (Lipinski definition) is 3. The maximum atomic E-state index is 12.5. The minimum atomic E-state index is -0.578. The molecule has 1 aromatic rings. The van der Waals surface area contributed by atoms with Crippen LogP contribution in [0.2, 0.25) is 0 Å². The number of anilines is 1. The van der Waals surface area contributed by atoms with Crippen LogP contribution in [-0.2, 0) is 9.59 Å². The average molecular weight is 340 g/mol. The summed E-state index contributed by atoms with van der Waals surface area (Å²) in [5.41, 5.74) is 8.66. The van der Waals surface area contributed by atoms with Crippen LogP contribution in [0.25, 0.3) is 0 Å². The molecule has 0 saturated carbocycles. The quantitative estimate of drug-likeness (QED) is 0.803. The summed E-state index contributed by atoms with van der Waals surface area (Å²) in [7, 11) is 0. The highest BCUT2D eigenvalue weighted by atomic mass is 35.5. The fraction of sp³-hybridized carbons (Fsp3) is 0.529. The summed E-state index contributed by atoms with van der Waals surface area (Å²) in [6, 6.07) is 6.05. The predicted molar refractivity (Wildman–Crippen MR) is 94.9 cm³/mol. The summed E-state index contributed by atoms with van der Waals surface area (Å²) in [6.45, 7) is 7.62. The van der Waals surface area contributed by atoms with Gasteiger partial charge in [-0.3, -0.25) is 9.59 Å². The van der Waals surface area contributed by atoms with Crippen molar-refractivity contribution in [3.8, 4) is 0 Å². The number of nitrogens with zero attached hydrogens (tertiary/aromatic N) is 1. The Balaban J connectivity index is 0.00000264. The van der Waals surface area contributed by atoms with Crippen LogP contribution in [0, 0.1) is 25.7 Å². The third-order valence-corrected chi connectivity index (χ3v) is 4.07. The zero-order chi connectivity index (χ0) is 16.3. The first-order chi connectivity index (χ1) is 10.4. The number of nitrogens with two attached hydrogens (primary N) is 1. The van der Waals surface area contributed by atoms with Crippen LogP contribution >= 0.6 is 12.4 Å². The lowest BCUT2D eigenvalue weighted by atomic mass is 10.1. The maximum absolute atomic E-state index is 12.5. The van der Waals surface area contributed by atoms with Gasteiger partial charge >= 0.3 is 0 Å². The van der Waals surface area contributed by atoms with Crippen molar-refractivity contribution >= 4 is 29.9 Å². The first kappa shape index (κ1) is 19.5. The smallest absolute Gasteiger partial charge is 0.239 e. The van der Waals surface area contributed by atoms with E-state index in [9.17, 15) is 9.59 Å². The number of halogens is 1. The van der Waals surface area contributed by atoms with Gasteiger partial charge in [-0.1, -0.05) is 13.0 Å². The number of nitrogens with one attached hydrogen (secondary N) is 1. The summed E-state index contributed by atoms with van der Waals surface area (Å²) in [4.78, 5) is 26.4. The Bertz CT molecular complexity index is 557. The van der Waals surface area contributed by atoms with Gasteiger partial charge in [-0.2, -0.15) is 0 Å². The van der Waals surface area contributed by atoms with Crippen molar-refractivity contribution in [2.24, 2.45) is 17.6 Å². The van der Waals surface area contributed by atoms with E-state index < -0.39 is 5.92 Å². The van der Waals surface area contributed by atoms with Crippen molar-refractivity contribution in [2.45, 2.75) is 27.2 Å². The molecule has 2 amide bonds. The largest absolute Gasteiger partial charge is 0.355 e. The predicted octanol–water partition coefficient (Wildman–Crippen LogP) is 1.79. The van der Waals surface area contributed by atoms with E-state index in [0.29, 0.717) is 26.1 Å². The summed E-state index contributed by atoms with van der Waals surface area (Å²) < 4.78 is 0. The van der Waals surface area contributed by atoms with Crippen LogP contribution in [0.5, 0.6) is 0 Å². The van der Waals surface area contributed by atoms with Gasteiger partial charge in [-0.25, -0.2) is 0 Å². The van der Waals surface area contributed by atoms with Crippen LogP contribution in [0.1, 0.15) is 24.5 Å². The second kappa shape index (κ2) is 8.31. The van der Waals surface area contributed by atoms with Gasteiger partial charge in [0.15, 0.2) is 0 Å². The Morgan fingerprint density at radius 1 is 1.35 bits per heavy atom. The monoisotopic (exact) mass is 339 g/mol. The highest BCUT2D eigenvalue weighted by Crippen LogP contribution is 2.27. The Morgan fingerprint density at radius 3 is 2.52 bits per heavy atom. The molecule has 0 aliphatic carbocycles. The van der Waals surface area contributed by atoms with Gasteiger partial charge in [0.1, 0.15) is 5.92 Å². The first-order valence-electron chi connectivity index (χ1n) is 7.79. The van der Waals surface area contributed by atoms with E-state index in [1.54, 1.807) is 4.90 Å². The van der Waals surface area contributed by atoms with Crippen LogP contribution in [-0.4, -0.2) is 31.4 Å². The Kier molecular flexibility index (Phi) is 7.03. The third kappa shape index (κ3) is 4.69. The molecule has 2 unspecified atom stereocenters. The highest BCUT2D eigenvalue weighted by molar-refractivity contribution is 6.09. The molecule has 5 nitrogen and oxygen atoms in total. The zero-order valence-corrected chi connectivity index (χ0v) is 14.8. The van der Waals surface area contributed by atoms with E-state index in [-0.39, 0.29) is 30.1 Å². The summed E-state index contributed by atoms with van der Waals surface area (Å²) >= 11 is 0. The first-order valence-corrected chi connectivity index (χ1v) is 7.79. The molecule has 6 heteroatoms. The second-order valence-electron chi connectivity index (χ2n) is 6.26. The minimum Gasteiger partial charge on any atom is -0.355 e. The number of rotatable bonds is 5. The zero-order valence-electron chi connectivity index (χ0n) is 14.0. The lowest BCUT2D eigenvalue weighted by Gasteiger charge is -2.18. The topological polar surface area (TPSA) is 75.4 Å². The molecule has 1 aliphatic rings. The second-order valence-corrected chi connectivity index (χ2v) is 6.26. The van der Waals surface area contributed by atoms with Crippen LogP contribution < -0.4 is 16.0 Å². The van der Waals surface area contributed by atoms with E-state index >= 15 is 0 Å². The molecule has 0 radical (unpaired) electrons. The van der Waals surface area contributed by atoms with Crippen LogP contribution in [0.3, 0.4) is 0 Å². The molecular formula is C17H26ClN3O2. The van der Waals surface area contributed by atoms with E-state index in [0.717, 1.165) is 16.8 Å². The minimum absolute atomic E-state index is 0. The number of aryl methyl sites for hydroxylation is 2. The molecule has 1 heterocycles. The average Bonchev–Trinajstić information content (AvgIpc) is 2.85. The van der Waals surface area contributed by atoms with Crippen LogP contribution in [0.15, 0.2) is 18.2 Å². The third-order valence-electron chi connectivity index (χ3n) is 4.07. The molecule has 2 atom stereocenters. The van der Waals surface area contributed by atoms with E-state index in [1.165, 1.54) is 0 Å². The molecule has 2 rings (SSSR count). The molecule has 23 heavy (non-hydrogen) atoms. The van der Waals surface area contributed by atoms with Gasteiger partial charge < -0.3 is 16.0 Å². The standard InChI is InChI=1S/C17H25N3O2.ClH/c1-11-6-12(2)8-14(7-11)20-5-4-15(17(20)22)16(21)19-10-13(3)9-18;/h6-8,13,15H,4-5,9-10,18H2,1-3H3,(H,19,21);1H. The van der Waals surface area contributed by atoms with Gasteiger partial charge in [0.25, 0.3) is 0 Å². The molecule has 0 aromatic heterocycles. The molecule has 1 aromatic carbocycles. The number of carbonyl (C=O) groups excluding carboxylic acids is 2. The van der Waals surface area contributed by atoms with Crippen molar-refractivity contribution in [3.63, 3.8) is 0 Å². The fourth-order valence-corrected chi connectivity index (χ4v) is 2.77. The van der Waals surface area contributed by atoms with Crippen molar-refractivity contribution in [1.29, 1.82) is 0 Å². The van der Waals surface area contributed by atoms with Crippen molar-refractivity contribution in [2.75, 3.05) is 24.5 Å². The molecule has 128 valence electrons. The van der Waals surface area contributed by atoms with Gasteiger partial charge in [-0.15, -0.1) is 12.4 Å². The van der Waals surface area contributed by atoms with E-state index in [2.05, 4.69) is 11.4 Å². The molecule has 1 aliphatic heterocycles. The normalized spacial score (nSPS) is 18.5. The summed E-state index contributed by atoms with van der Waals surface area (Å²) in [5.74, 6) is -0.651. The Hall–Kier alpha value is -1.59. The van der Waals surface area contributed by atoms with E-state index in [4.69, 9.17) is 5.73 Å². The number of benzene rings is 1. The Labute approximate surface area is 144 Å². The lowest BCUT2D eigenvalue weighted by molar-refractivity contribution is -0.132. The lowest BCUT2D eigenvalue weighted by Crippen LogP contribution is -2.39. The van der Waals surface area contributed by atoms with Crippen molar-refractivity contribution < 1.29 is 9.59 Å². The molecule has 0 bridgehead atoms. The molecule has 3 N–H and O–H groups in total. The summed E-state index contributed by atoms with van der Waals surface area (Å²) in [5, 5.41) is 2.83. The number of carbonyl (C=O) groups is 2. The number of amides is 2. The SMILES string of the molecule is Cc1cc(C)cc(N2CCC(C(=O)NCC(C)CN)C2=O)c1.Cl. The van der Waals surface area contributed by atoms with Gasteiger partial charge in [0, 0.05) is 18.8 Å².